The Morgan fingerprint density at radius 3 is 2.62 bits per heavy atom. The highest BCUT2D eigenvalue weighted by Gasteiger charge is 2.34. The third-order valence-corrected chi connectivity index (χ3v) is 4.85. The Balaban J connectivity index is 1.47. The zero-order valence-electron chi connectivity index (χ0n) is 14.4. The highest BCUT2D eigenvalue weighted by Crippen LogP contribution is 2.29. The summed E-state index contributed by atoms with van der Waals surface area (Å²) in [5.74, 6) is 1.11. The molecule has 1 saturated heterocycles. The number of halogens is 1. The number of rotatable bonds is 4. The van der Waals surface area contributed by atoms with Crippen LogP contribution in [0.3, 0.4) is 0 Å². The number of amides is 1. The quantitative estimate of drug-likeness (QED) is 0.693. The number of hydrogen-bond acceptors (Lipinski definition) is 4. The standard InChI is InChI=1S/C20H18ClN3O2/c1-13-2-6-15(7-3-13)19-22-20(26-23-19)16-10-18(25)24(12-16)11-14-4-8-17(21)9-5-14/h2-9,16H,10-12H2,1H3. The molecule has 4 rings (SSSR count). The van der Waals surface area contributed by atoms with Crippen LogP contribution in [0.4, 0.5) is 0 Å². The number of benzene rings is 2. The predicted octanol–water partition coefficient (Wildman–Crippen LogP) is 4.21. The van der Waals surface area contributed by atoms with E-state index in [0.29, 0.717) is 36.2 Å². The van der Waals surface area contributed by atoms with E-state index in [1.165, 1.54) is 5.56 Å². The summed E-state index contributed by atoms with van der Waals surface area (Å²) in [5.41, 5.74) is 3.14. The molecule has 0 spiro atoms. The minimum Gasteiger partial charge on any atom is -0.339 e. The van der Waals surface area contributed by atoms with E-state index in [1.807, 2.05) is 60.4 Å². The molecular weight excluding hydrogens is 350 g/mol. The smallest absolute Gasteiger partial charge is 0.232 e. The Labute approximate surface area is 156 Å². The van der Waals surface area contributed by atoms with Gasteiger partial charge in [0, 0.05) is 30.1 Å². The maximum atomic E-state index is 12.4. The summed E-state index contributed by atoms with van der Waals surface area (Å²) in [7, 11) is 0. The summed E-state index contributed by atoms with van der Waals surface area (Å²) in [5, 5.41) is 4.76. The van der Waals surface area contributed by atoms with Gasteiger partial charge in [-0.05, 0) is 24.6 Å². The average molecular weight is 368 g/mol. The van der Waals surface area contributed by atoms with Crippen molar-refractivity contribution in [1.29, 1.82) is 0 Å². The van der Waals surface area contributed by atoms with Gasteiger partial charge in [-0.3, -0.25) is 4.79 Å². The molecule has 0 saturated carbocycles. The van der Waals surface area contributed by atoms with E-state index in [2.05, 4.69) is 10.1 Å². The van der Waals surface area contributed by atoms with E-state index in [0.717, 1.165) is 11.1 Å². The number of carbonyl (C=O) groups excluding carboxylic acids is 1. The molecular formula is C20H18ClN3O2. The summed E-state index contributed by atoms with van der Waals surface area (Å²) in [6, 6.07) is 15.5. The molecule has 2 aromatic carbocycles. The van der Waals surface area contributed by atoms with Crippen LogP contribution in [0, 0.1) is 6.92 Å². The van der Waals surface area contributed by atoms with Crippen LogP contribution in [0.2, 0.25) is 5.02 Å². The van der Waals surface area contributed by atoms with Crippen LogP contribution < -0.4 is 0 Å². The minimum absolute atomic E-state index is 0.0681. The van der Waals surface area contributed by atoms with Gasteiger partial charge in [-0.1, -0.05) is 58.7 Å². The molecule has 1 aliphatic heterocycles. The molecule has 0 N–H and O–H groups in total. The lowest BCUT2D eigenvalue weighted by Crippen LogP contribution is -2.24. The van der Waals surface area contributed by atoms with Crippen LogP contribution in [0.1, 0.15) is 29.4 Å². The molecule has 132 valence electrons. The number of likely N-dealkylation sites (tertiary alicyclic amines) is 1. The van der Waals surface area contributed by atoms with Gasteiger partial charge in [0.2, 0.25) is 17.6 Å². The van der Waals surface area contributed by atoms with E-state index in [1.54, 1.807) is 0 Å². The van der Waals surface area contributed by atoms with Gasteiger partial charge in [-0.15, -0.1) is 0 Å². The van der Waals surface area contributed by atoms with Crippen molar-refractivity contribution in [2.75, 3.05) is 6.54 Å². The molecule has 1 atom stereocenters. The molecule has 0 radical (unpaired) electrons. The molecule has 1 aliphatic rings. The number of aryl methyl sites for hydroxylation is 1. The largest absolute Gasteiger partial charge is 0.339 e. The summed E-state index contributed by atoms with van der Waals surface area (Å²) >= 11 is 5.91. The van der Waals surface area contributed by atoms with Crippen molar-refractivity contribution in [2.24, 2.45) is 0 Å². The number of carbonyl (C=O) groups is 1. The van der Waals surface area contributed by atoms with Gasteiger partial charge in [-0.25, -0.2) is 0 Å². The Kier molecular flexibility index (Phi) is 4.47. The van der Waals surface area contributed by atoms with Crippen LogP contribution in [-0.2, 0) is 11.3 Å². The molecule has 6 heteroatoms. The first-order valence-corrected chi connectivity index (χ1v) is 8.89. The van der Waals surface area contributed by atoms with Gasteiger partial charge in [0.05, 0.1) is 5.92 Å². The monoisotopic (exact) mass is 367 g/mol. The molecule has 1 unspecified atom stereocenters. The zero-order valence-corrected chi connectivity index (χ0v) is 15.1. The van der Waals surface area contributed by atoms with E-state index in [-0.39, 0.29) is 11.8 Å². The molecule has 5 nitrogen and oxygen atoms in total. The van der Waals surface area contributed by atoms with Crippen molar-refractivity contribution in [3.05, 3.63) is 70.6 Å². The van der Waals surface area contributed by atoms with Crippen molar-refractivity contribution in [2.45, 2.75) is 25.8 Å². The second-order valence-electron chi connectivity index (χ2n) is 6.62. The summed E-state index contributed by atoms with van der Waals surface area (Å²) < 4.78 is 5.44. The van der Waals surface area contributed by atoms with Gasteiger partial charge >= 0.3 is 0 Å². The van der Waals surface area contributed by atoms with Crippen molar-refractivity contribution in [1.82, 2.24) is 15.0 Å². The van der Waals surface area contributed by atoms with Crippen LogP contribution in [0.5, 0.6) is 0 Å². The third kappa shape index (κ3) is 3.48. The van der Waals surface area contributed by atoms with Gasteiger partial charge < -0.3 is 9.42 Å². The number of hydrogen-bond donors (Lipinski definition) is 0. The van der Waals surface area contributed by atoms with Crippen molar-refractivity contribution in [3.63, 3.8) is 0 Å². The molecule has 3 aromatic rings. The molecule has 1 amide bonds. The zero-order chi connectivity index (χ0) is 18.1. The second kappa shape index (κ2) is 6.92. The number of aromatic nitrogens is 2. The first-order valence-electron chi connectivity index (χ1n) is 8.51. The van der Waals surface area contributed by atoms with Crippen molar-refractivity contribution >= 4 is 17.5 Å². The molecule has 2 heterocycles. The lowest BCUT2D eigenvalue weighted by atomic mass is 10.1. The topological polar surface area (TPSA) is 59.2 Å². The molecule has 1 aromatic heterocycles. The first-order chi connectivity index (χ1) is 12.6. The normalized spacial score (nSPS) is 17.1. The molecule has 1 fully saturated rings. The highest BCUT2D eigenvalue weighted by molar-refractivity contribution is 6.30. The van der Waals surface area contributed by atoms with Crippen molar-refractivity contribution < 1.29 is 9.32 Å². The van der Waals surface area contributed by atoms with E-state index >= 15 is 0 Å². The summed E-state index contributed by atoms with van der Waals surface area (Å²) in [6.45, 7) is 3.17. The Morgan fingerprint density at radius 1 is 1.15 bits per heavy atom. The third-order valence-electron chi connectivity index (χ3n) is 4.60. The fraction of sp³-hybridized carbons (Fsp3) is 0.250. The first kappa shape index (κ1) is 16.8. The summed E-state index contributed by atoms with van der Waals surface area (Å²) in [4.78, 5) is 18.7. The maximum absolute atomic E-state index is 12.4. The lowest BCUT2D eigenvalue weighted by molar-refractivity contribution is -0.128. The van der Waals surface area contributed by atoms with E-state index in [9.17, 15) is 4.79 Å². The Bertz CT molecular complexity index is 919. The van der Waals surface area contributed by atoms with Crippen LogP contribution >= 0.6 is 11.6 Å². The fourth-order valence-corrected chi connectivity index (χ4v) is 3.25. The van der Waals surface area contributed by atoms with Gasteiger partial charge in [0.1, 0.15) is 0 Å². The van der Waals surface area contributed by atoms with Crippen LogP contribution in [0.15, 0.2) is 53.1 Å². The minimum atomic E-state index is -0.0681. The van der Waals surface area contributed by atoms with Gasteiger partial charge in [0.15, 0.2) is 0 Å². The second-order valence-corrected chi connectivity index (χ2v) is 7.06. The summed E-state index contributed by atoms with van der Waals surface area (Å²) in [6.07, 6.45) is 0.392. The maximum Gasteiger partial charge on any atom is 0.232 e. The predicted molar refractivity (Wildman–Crippen MR) is 98.7 cm³/mol. The highest BCUT2D eigenvalue weighted by atomic mass is 35.5. The van der Waals surface area contributed by atoms with Crippen LogP contribution in [0.25, 0.3) is 11.4 Å². The lowest BCUT2D eigenvalue weighted by Gasteiger charge is -2.16. The fourth-order valence-electron chi connectivity index (χ4n) is 3.12. The SMILES string of the molecule is Cc1ccc(-c2noc(C3CC(=O)N(Cc4ccc(Cl)cc4)C3)n2)cc1. The van der Waals surface area contributed by atoms with Crippen LogP contribution in [-0.4, -0.2) is 27.5 Å². The van der Waals surface area contributed by atoms with E-state index < -0.39 is 0 Å². The Hall–Kier alpha value is -2.66. The van der Waals surface area contributed by atoms with E-state index in [4.69, 9.17) is 16.1 Å². The molecule has 0 bridgehead atoms. The van der Waals surface area contributed by atoms with Gasteiger partial charge in [0.25, 0.3) is 0 Å². The van der Waals surface area contributed by atoms with Gasteiger partial charge in [-0.2, -0.15) is 4.98 Å². The van der Waals surface area contributed by atoms with Crippen molar-refractivity contribution in [3.8, 4) is 11.4 Å². The molecule has 0 aliphatic carbocycles. The average Bonchev–Trinajstić information content (AvgIpc) is 3.25. The molecule has 26 heavy (non-hydrogen) atoms. The Morgan fingerprint density at radius 2 is 1.88 bits per heavy atom. The number of nitrogens with zero attached hydrogens (tertiary/aromatic N) is 3.